The van der Waals surface area contributed by atoms with E-state index in [0.717, 1.165) is 34.1 Å². The minimum Gasteiger partial charge on any atom is -0.486 e. The zero-order valence-corrected chi connectivity index (χ0v) is 24.2. The number of likely N-dealkylation sites (N-methyl/N-ethyl adjacent to an activating group) is 1. The van der Waals surface area contributed by atoms with E-state index in [-0.39, 0.29) is 30.7 Å². The van der Waals surface area contributed by atoms with Gasteiger partial charge >= 0.3 is 0 Å². The number of likely N-dealkylation sites (tertiary alicyclic amines) is 1. The van der Waals surface area contributed by atoms with Gasteiger partial charge in [0.05, 0.1) is 22.5 Å². The molecule has 2 aromatic heterocycles. The maximum Gasteiger partial charge on any atom is 0.247 e. The monoisotopic (exact) mass is 583 g/mol. The lowest BCUT2D eigenvalue weighted by Gasteiger charge is -2.25. The first kappa shape index (κ1) is 28.7. The molecular formula is C33H34FN5O4. The molecule has 222 valence electrons. The molecule has 2 N–H and O–H groups in total. The van der Waals surface area contributed by atoms with Gasteiger partial charge in [-0.3, -0.25) is 19.8 Å². The van der Waals surface area contributed by atoms with Crippen LogP contribution in [0.3, 0.4) is 0 Å². The molecule has 10 heteroatoms. The Labute approximate surface area is 249 Å². The Morgan fingerprint density at radius 1 is 1.14 bits per heavy atom. The fourth-order valence-corrected chi connectivity index (χ4v) is 6.23. The van der Waals surface area contributed by atoms with Crippen LogP contribution in [0.1, 0.15) is 24.0 Å². The number of benzene rings is 2. The number of hydrogen-bond donors (Lipinski definition) is 2. The number of rotatable bonds is 9. The zero-order chi connectivity index (χ0) is 30.1. The number of hydroxylamine groups is 1. The van der Waals surface area contributed by atoms with Crippen molar-refractivity contribution in [2.45, 2.75) is 31.9 Å². The van der Waals surface area contributed by atoms with Gasteiger partial charge in [-0.2, -0.15) is 0 Å². The molecule has 6 rings (SSSR count). The molecule has 3 atom stereocenters. The van der Waals surface area contributed by atoms with E-state index in [4.69, 9.17) is 9.72 Å². The second kappa shape index (κ2) is 11.7. The highest BCUT2D eigenvalue weighted by atomic mass is 19.1. The third-order valence-electron chi connectivity index (χ3n) is 8.79. The lowest BCUT2D eigenvalue weighted by molar-refractivity contribution is -0.140. The van der Waals surface area contributed by atoms with Gasteiger partial charge in [0.15, 0.2) is 11.6 Å². The summed E-state index contributed by atoms with van der Waals surface area (Å²) in [4.78, 5) is 38.8. The Hall–Kier alpha value is -4.41. The standard InChI is InChI=1S/C33H34FN5O4/c1-38(2)24-11-14-39(19-24)32(41)33(18-26(33)31(40)37-42)17-21-7-8-30(27(34)15-21)43-20-23-16-29(22-9-12-35-13-10-22)36-28-6-4-3-5-25(23)28/h3-10,12-13,15-16,24,26,42H,11,14,17-20H2,1-2H3,(H,37,40). The molecule has 2 aliphatic rings. The van der Waals surface area contributed by atoms with Crippen LogP contribution in [-0.4, -0.2) is 70.0 Å². The number of aromatic nitrogens is 2. The summed E-state index contributed by atoms with van der Waals surface area (Å²) in [6, 6.07) is 18.4. The van der Waals surface area contributed by atoms with Crippen LogP contribution in [-0.2, 0) is 22.6 Å². The second-order valence-electron chi connectivity index (χ2n) is 11.7. The van der Waals surface area contributed by atoms with Gasteiger partial charge < -0.3 is 14.5 Å². The number of carbonyl (C=O) groups is 2. The van der Waals surface area contributed by atoms with E-state index in [1.165, 1.54) is 6.07 Å². The normalized spacial score (nSPS) is 21.3. The quantitative estimate of drug-likeness (QED) is 0.224. The van der Waals surface area contributed by atoms with Crippen molar-refractivity contribution in [2.24, 2.45) is 11.3 Å². The smallest absolute Gasteiger partial charge is 0.247 e. The molecule has 1 saturated heterocycles. The van der Waals surface area contributed by atoms with Gasteiger partial charge in [-0.25, -0.2) is 14.9 Å². The van der Waals surface area contributed by atoms with Gasteiger partial charge in [0, 0.05) is 48.0 Å². The van der Waals surface area contributed by atoms with Crippen LogP contribution in [0.15, 0.2) is 73.1 Å². The molecule has 3 heterocycles. The SMILES string of the molecule is CN(C)C1CCN(C(=O)C2(Cc3ccc(OCc4cc(-c5ccncc5)nc5ccccc45)c(F)c3)CC2C(=O)NO)C1. The molecule has 0 radical (unpaired) electrons. The molecule has 3 unspecified atom stereocenters. The fourth-order valence-electron chi connectivity index (χ4n) is 6.23. The number of fused-ring (bicyclic) bond motifs is 1. The Bertz CT molecular complexity index is 1670. The maximum atomic E-state index is 15.4. The number of para-hydroxylation sites is 1. The maximum absolute atomic E-state index is 15.4. The number of nitrogens with one attached hydrogen (secondary N) is 1. The van der Waals surface area contributed by atoms with E-state index in [9.17, 15) is 14.8 Å². The van der Waals surface area contributed by atoms with E-state index >= 15 is 4.39 Å². The summed E-state index contributed by atoms with van der Waals surface area (Å²) in [5.74, 6) is -1.85. The van der Waals surface area contributed by atoms with Crippen molar-refractivity contribution in [3.8, 4) is 17.0 Å². The first-order chi connectivity index (χ1) is 20.8. The summed E-state index contributed by atoms with van der Waals surface area (Å²) >= 11 is 0. The van der Waals surface area contributed by atoms with E-state index in [1.807, 2.05) is 56.6 Å². The molecule has 1 saturated carbocycles. The zero-order valence-electron chi connectivity index (χ0n) is 24.2. The van der Waals surface area contributed by atoms with Gasteiger partial charge in [0.2, 0.25) is 11.8 Å². The van der Waals surface area contributed by atoms with E-state index in [0.29, 0.717) is 25.1 Å². The number of hydrogen-bond acceptors (Lipinski definition) is 7. The summed E-state index contributed by atoms with van der Waals surface area (Å²) in [5, 5.41) is 10.2. The fraction of sp³-hybridized carbons (Fsp3) is 0.333. The predicted molar refractivity (Wildman–Crippen MR) is 159 cm³/mol. The van der Waals surface area contributed by atoms with Gasteiger partial charge in [-0.05, 0) is 75.3 Å². The summed E-state index contributed by atoms with van der Waals surface area (Å²) < 4.78 is 21.4. The highest BCUT2D eigenvalue weighted by Gasteiger charge is 2.64. The molecule has 2 aromatic carbocycles. The van der Waals surface area contributed by atoms with Crippen molar-refractivity contribution in [2.75, 3.05) is 27.2 Å². The molecule has 2 amide bonds. The lowest BCUT2D eigenvalue weighted by atomic mass is 9.91. The third kappa shape index (κ3) is 5.68. The van der Waals surface area contributed by atoms with Gasteiger partial charge in [-0.1, -0.05) is 24.3 Å². The molecule has 1 aliphatic carbocycles. The van der Waals surface area contributed by atoms with Crippen LogP contribution in [0.5, 0.6) is 5.75 Å². The Balaban J connectivity index is 1.21. The molecule has 4 aromatic rings. The molecule has 0 bridgehead atoms. The lowest BCUT2D eigenvalue weighted by Crippen LogP contribution is -2.41. The number of amides is 2. The van der Waals surface area contributed by atoms with Crippen molar-refractivity contribution in [3.05, 3.63) is 90.0 Å². The highest BCUT2D eigenvalue weighted by Crippen LogP contribution is 2.56. The highest BCUT2D eigenvalue weighted by molar-refractivity contribution is 5.96. The number of pyridine rings is 2. The topological polar surface area (TPSA) is 108 Å². The Kier molecular flexibility index (Phi) is 7.81. The van der Waals surface area contributed by atoms with Crippen LogP contribution in [0.25, 0.3) is 22.2 Å². The molecule has 9 nitrogen and oxygen atoms in total. The van der Waals surface area contributed by atoms with Crippen LogP contribution in [0.4, 0.5) is 4.39 Å². The average molecular weight is 584 g/mol. The number of halogens is 1. The average Bonchev–Trinajstić information content (AvgIpc) is 3.52. The van der Waals surface area contributed by atoms with E-state index in [1.54, 1.807) is 34.9 Å². The molecule has 43 heavy (non-hydrogen) atoms. The molecule has 1 aliphatic heterocycles. The predicted octanol–water partition coefficient (Wildman–Crippen LogP) is 4.23. The minimum absolute atomic E-state index is 0.0873. The number of nitrogens with zero attached hydrogens (tertiary/aromatic N) is 4. The Morgan fingerprint density at radius 2 is 1.93 bits per heavy atom. The summed E-state index contributed by atoms with van der Waals surface area (Å²) in [5.41, 5.74) is 4.63. The first-order valence-electron chi connectivity index (χ1n) is 14.4. The summed E-state index contributed by atoms with van der Waals surface area (Å²) in [7, 11) is 3.97. The van der Waals surface area contributed by atoms with Crippen molar-refractivity contribution in [3.63, 3.8) is 0 Å². The van der Waals surface area contributed by atoms with E-state index < -0.39 is 23.1 Å². The molecular weight excluding hydrogens is 549 g/mol. The minimum atomic E-state index is -1.01. The second-order valence-corrected chi connectivity index (χ2v) is 11.7. The summed E-state index contributed by atoms with van der Waals surface area (Å²) in [6.07, 6.45) is 4.76. The summed E-state index contributed by atoms with van der Waals surface area (Å²) in [6.45, 7) is 1.31. The van der Waals surface area contributed by atoms with Gasteiger partial charge in [-0.15, -0.1) is 0 Å². The van der Waals surface area contributed by atoms with Crippen LogP contribution < -0.4 is 10.2 Å². The van der Waals surface area contributed by atoms with Crippen LogP contribution >= 0.6 is 0 Å². The van der Waals surface area contributed by atoms with Crippen molar-refractivity contribution >= 4 is 22.7 Å². The van der Waals surface area contributed by atoms with Crippen molar-refractivity contribution < 1.29 is 23.9 Å². The van der Waals surface area contributed by atoms with Gasteiger partial charge in [0.25, 0.3) is 0 Å². The number of ether oxygens (including phenoxy) is 1. The van der Waals surface area contributed by atoms with Crippen LogP contribution in [0.2, 0.25) is 0 Å². The molecule has 2 fully saturated rings. The third-order valence-corrected chi connectivity index (χ3v) is 8.79. The largest absolute Gasteiger partial charge is 0.486 e. The van der Waals surface area contributed by atoms with Crippen molar-refractivity contribution in [1.82, 2.24) is 25.2 Å². The van der Waals surface area contributed by atoms with Crippen molar-refractivity contribution in [1.29, 1.82) is 0 Å². The first-order valence-corrected chi connectivity index (χ1v) is 14.4. The number of carbonyl (C=O) groups excluding carboxylic acids is 2. The van der Waals surface area contributed by atoms with Gasteiger partial charge in [0.1, 0.15) is 6.61 Å². The van der Waals surface area contributed by atoms with Crippen LogP contribution in [0, 0.1) is 17.2 Å². The Morgan fingerprint density at radius 3 is 2.65 bits per heavy atom. The molecule has 0 spiro atoms. The van der Waals surface area contributed by atoms with E-state index in [2.05, 4.69) is 9.88 Å².